The fourth-order valence-corrected chi connectivity index (χ4v) is 1.95. The van der Waals surface area contributed by atoms with Crippen LogP contribution >= 0.6 is 0 Å². The molecule has 0 bridgehead atoms. The second kappa shape index (κ2) is 6.33. The highest BCUT2D eigenvalue weighted by molar-refractivity contribution is 5.13. The quantitative estimate of drug-likeness (QED) is 0.867. The van der Waals surface area contributed by atoms with Crippen molar-refractivity contribution in [3.63, 3.8) is 0 Å². The van der Waals surface area contributed by atoms with Crippen molar-refractivity contribution in [3.05, 3.63) is 52.2 Å². The minimum atomic E-state index is -0.217. The van der Waals surface area contributed by atoms with E-state index in [-0.39, 0.29) is 11.8 Å². The normalized spacial score (nSPS) is 12.5. The number of H-pyrrole nitrogens is 1. The van der Waals surface area contributed by atoms with Gasteiger partial charge in [-0.25, -0.2) is 9.89 Å². The Balaban J connectivity index is 2.04. The van der Waals surface area contributed by atoms with Gasteiger partial charge in [-0.2, -0.15) is 5.10 Å². The summed E-state index contributed by atoms with van der Waals surface area (Å²) in [5.74, 6) is 0.655. The van der Waals surface area contributed by atoms with Gasteiger partial charge in [-0.3, -0.25) is 4.57 Å². The molecule has 0 spiro atoms. The first-order valence-corrected chi connectivity index (χ1v) is 6.53. The molecule has 0 saturated heterocycles. The summed E-state index contributed by atoms with van der Waals surface area (Å²) in [6, 6.07) is 9.95. The van der Waals surface area contributed by atoms with Crippen LogP contribution in [0, 0.1) is 0 Å². The SMILES string of the molecule is CCCn1c(C(C)OCc2ccccc2)n[nH]c1=O. The molecule has 2 rings (SSSR count). The van der Waals surface area contributed by atoms with Gasteiger partial charge in [0, 0.05) is 6.54 Å². The van der Waals surface area contributed by atoms with Crippen LogP contribution in [0.1, 0.15) is 37.8 Å². The molecule has 19 heavy (non-hydrogen) atoms. The van der Waals surface area contributed by atoms with Crippen molar-refractivity contribution in [1.29, 1.82) is 0 Å². The zero-order chi connectivity index (χ0) is 13.7. The Kier molecular flexibility index (Phi) is 4.52. The Hall–Kier alpha value is -1.88. The molecule has 2 aromatic rings. The Morgan fingerprint density at radius 3 is 2.79 bits per heavy atom. The van der Waals surface area contributed by atoms with Gasteiger partial charge in [0.05, 0.1) is 6.61 Å². The maximum Gasteiger partial charge on any atom is 0.343 e. The summed E-state index contributed by atoms with van der Waals surface area (Å²) in [4.78, 5) is 11.6. The standard InChI is InChI=1S/C14H19N3O2/c1-3-9-17-13(15-16-14(17)18)11(2)19-10-12-7-5-4-6-8-12/h4-8,11H,3,9-10H2,1-2H3,(H,16,18). The summed E-state index contributed by atoms with van der Waals surface area (Å²) in [6.45, 7) is 5.10. The summed E-state index contributed by atoms with van der Waals surface area (Å²) in [6.07, 6.45) is 0.670. The monoisotopic (exact) mass is 261 g/mol. The van der Waals surface area contributed by atoms with Gasteiger partial charge in [0.1, 0.15) is 6.10 Å². The average Bonchev–Trinajstić information content (AvgIpc) is 2.80. The topological polar surface area (TPSA) is 59.9 Å². The predicted molar refractivity (Wildman–Crippen MR) is 72.8 cm³/mol. The van der Waals surface area contributed by atoms with Crippen molar-refractivity contribution >= 4 is 0 Å². The molecule has 0 aliphatic carbocycles. The number of benzene rings is 1. The van der Waals surface area contributed by atoms with Crippen molar-refractivity contribution in [2.75, 3.05) is 0 Å². The summed E-state index contributed by atoms with van der Waals surface area (Å²) >= 11 is 0. The van der Waals surface area contributed by atoms with Crippen LogP contribution in [0.5, 0.6) is 0 Å². The van der Waals surface area contributed by atoms with E-state index < -0.39 is 0 Å². The molecule has 0 aliphatic rings. The molecule has 0 aliphatic heterocycles. The molecule has 102 valence electrons. The lowest BCUT2D eigenvalue weighted by Crippen LogP contribution is -2.20. The summed E-state index contributed by atoms with van der Waals surface area (Å²) in [7, 11) is 0. The van der Waals surface area contributed by atoms with Gasteiger partial charge in [0.2, 0.25) is 0 Å². The van der Waals surface area contributed by atoms with Crippen LogP contribution in [0.25, 0.3) is 0 Å². The Morgan fingerprint density at radius 2 is 2.11 bits per heavy atom. The van der Waals surface area contributed by atoms with E-state index in [4.69, 9.17) is 4.74 Å². The van der Waals surface area contributed by atoms with Gasteiger partial charge in [-0.15, -0.1) is 0 Å². The van der Waals surface area contributed by atoms with Crippen molar-refractivity contribution in [1.82, 2.24) is 14.8 Å². The highest BCUT2D eigenvalue weighted by atomic mass is 16.5. The molecule has 0 saturated carbocycles. The highest BCUT2D eigenvalue weighted by Crippen LogP contribution is 2.15. The number of aromatic amines is 1. The number of hydrogen-bond donors (Lipinski definition) is 1. The number of nitrogens with zero attached hydrogens (tertiary/aromatic N) is 2. The molecule has 1 heterocycles. The average molecular weight is 261 g/mol. The molecular weight excluding hydrogens is 242 g/mol. The first-order chi connectivity index (χ1) is 9.22. The van der Waals surface area contributed by atoms with Crippen LogP contribution < -0.4 is 5.69 Å². The van der Waals surface area contributed by atoms with Crippen LogP contribution in [0.15, 0.2) is 35.1 Å². The molecule has 1 N–H and O–H groups in total. The van der Waals surface area contributed by atoms with E-state index >= 15 is 0 Å². The van der Waals surface area contributed by atoms with E-state index in [2.05, 4.69) is 10.2 Å². The minimum Gasteiger partial charge on any atom is -0.366 e. The van der Waals surface area contributed by atoms with Gasteiger partial charge in [0.15, 0.2) is 5.82 Å². The first kappa shape index (κ1) is 13.5. The third kappa shape index (κ3) is 3.32. The molecular formula is C14H19N3O2. The zero-order valence-electron chi connectivity index (χ0n) is 11.3. The van der Waals surface area contributed by atoms with Crippen LogP contribution in [0.4, 0.5) is 0 Å². The smallest absolute Gasteiger partial charge is 0.343 e. The number of aromatic nitrogens is 3. The lowest BCUT2D eigenvalue weighted by Gasteiger charge is -2.13. The second-order valence-corrected chi connectivity index (χ2v) is 4.48. The van der Waals surface area contributed by atoms with E-state index in [1.807, 2.05) is 44.2 Å². The Labute approximate surface area is 112 Å². The largest absolute Gasteiger partial charge is 0.366 e. The molecule has 1 unspecified atom stereocenters. The minimum absolute atomic E-state index is 0.174. The molecule has 0 radical (unpaired) electrons. The zero-order valence-corrected chi connectivity index (χ0v) is 11.3. The van der Waals surface area contributed by atoms with Gasteiger partial charge < -0.3 is 4.74 Å². The maximum absolute atomic E-state index is 11.6. The van der Waals surface area contributed by atoms with Crippen molar-refractivity contribution in [3.8, 4) is 0 Å². The van der Waals surface area contributed by atoms with Gasteiger partial charge in [0.25, 0.3) is 0 Å². The molecule has 5 heteroatoms. The summed E-state index contributed by atoms with van der Waals surface area (Å²) < 4.78 is 7.41. The first-order valence-electron chi connectivity index (χ1n) is 6.53. The molecule has 1 atom stereocenters. The lowest BCUT2D eigenvalue weighted by atomic mass is 10.2. The van der Waals surface area contributed by atoms with E-state index in [1.165, 1.54) is 0 Å². The fourth-order valence-electron chi connectivity index (χ4n) is 1.95. The predicted octanol–water partition coefficient (Wildman–Crippen LogP) is 2.26. The van der Waals surface area contributed by atoms with Crippen LogP contribution in [-0.4, -0.2) is 14.8 Å². The highest BCUT2D eigenvalue weighted by Gasteiger charge is 2.15. The third-order valence-electron chi connectivity index (χ3n) is 2.94. The van der Waals surface area contributed by atoms with E-state index in [9.17, 15) is 4.79 Å². The molecule has 1 aromatic heterocycles. The van der Waals surface area contributed by atoms with Gasteiger partial charge in [-0.1, -0.05) is 37.3 Å². The van der Waals surface area contributed by atoms with Crippen LogP contribution in [-0.2, 0) is 17.9 Å². The Bertz CT molecular complexity index is 560. The van der Waals surface area contributed by atoms with E-state index in [0.29, 0.717) is 19.0 Å². The molecule has 5 nitrogen and oxygen atoms in total. The summed E-state index contributed by atoms with van der Waals surface area (Å²) in [5.41, 5.74) is 0.932. The van der Waals surface area contributed by atoms with E-state index in [1.54, 1.807) is 4.57 Å². The van der Waals surface area contributed by atoms with Crippen molar-refractivity contribution < 1.29 is 4.74 Å². The number of ether oxygens (including phenoxy) is 1. The van der Waals surface area contributed by atoms with Crippen LogP contribution in [0.3, 0.4) is 0 Å². The van der Waals surface area contributed by atoms with Crippen molar-refractivity contribution in [2.24, 2.45) is 0 Å². The number of rotatable bonds is 6. The maximum atomic E-state index is 11.6. The lowest BCUT2D eigenvalue weighted by molar-refractivity contribution is 0.0440. The number of nitrogens with one attached hydrogen (secondary N) is 1. The number of hydrogen-bond acceptors (Lipinski definition) is 3. The Morgan fingerprint density at radius 1 is 1.37 bits per heavy atom. The second-order valence-electron chi connectivity index (χ2n) is 4.48. The van der Waals surface area contributed by atoms with Gasteiger partial charge in [-0.05, 0) is 18.9 Å². The van der Waals surface area contributed by atoms with Gasteiger partial charge >= 0.3 is 5.69 Å². The third-order valence-corrected chi connectivity index (χ3v) is 2.94. The van der Waals surface area contributed by atoms with E-state index in [0.717, 1.165) is 12.0 Å². The van der Waals surface area contributed by atoms with Crippen molar-refractivity contribution in [2.45, 2.75) is 39.5 Å². The molecule has 1 aromatic carbocycles. The fraction of sp³-hybridized carbons (Fsp3) is 0.429. The summed E-state index contributed by atoms with van der Waals surface area (Å²) in [5, 5.41) is 6.53. The van der Waals surface area contributed by atoms with Crippen LogP contribution in [0.2, 0.25) is 0 Å². The molecule has 0 fully saturated rings. The molecule has 0 amide bonds.